The van der Waals surface area contributed by atoms with Crippen molar-refractivity contribution in [2.45, 2.75) is 53.2 Å². The molecule has 0 heterocycles. The van der Waals surface area contributed by atoms with E-state index in [0.717, 1.165) is 25.4 Å². The Labute approximate surface area is 124 Å². The smallest absolute Gasteiger partial charge is 0.121 e. The van der Waals surface area contributed by atoms with Gasteiger partial charge >= 0.3 is 0 Å². The molecule has 0 bridgehead atoms. The minimum absolute atomic E-state index is 0.597. The first kappa shape index (κ1) is 17.0. The lowest BCUT2D eigenvalue weighted by molar-refractivity contribution is 0.176. The molecule has 0 unspecified atom stereocenters. The van der Waals surface area contributed by atoms with Crippen molar-refractivity contribution < 1.29 is 4.74 Å². The minimum atomic E-state index is 0.597. The molecule has 0 atom stereocenters. The van der Waals surface area contributed by atoms with Crippen molar-refractivity contribution in [1.29, 1.82) is 0 Å². The molecule has 0 spiro atoms. The van der Waals surface area contributed by atoms with E-state index in [9.17, 15) is 0 Å². The maximum absolute atomic E-state index is 5.28. The van der Waals surface area contributed by atoms with Crippen LogP contribution in [0.3, 0.4) is 0 Å². The van der Waals surface area contributed by atoms with Crippen LogP contribution in [0, 0.1) is 6.92 Å². The number of aryl methyl sites for hydroxylation is 1. The minimum Gasteiger partial charge on any atom is -0.496 e. The van der Waals surface area contributed by atoms with Gasteiger partial charge in [0.1, 0.15) is 5.75 Å². The monoisotopic (exact) mass is 278 g/mol. The fourth-order valence-corrected chi connectivity index (χ4v) is 2.60. The second-order valence-electron chi connectivity index (χ2n) is 5.91. The van der Waals surface area contributed by atoms with Crippen LogP contribution in [-0.4, -0.2) is 37.2 Å². The summed E-state index contributed by atoms with van der Waals surface area (Å²) in [6, 6.07) is 7.55. The summed E-state index contributed by atoms with van der Waals surface area (Å²) in [5.41, 5.74) is 2.50. The number of rotatable bonds is 8. The molecule has 0 aliphatic heterocycles. The van der Waals surface area contributed by atoms with Gasteiger partial charge in [-0.15, -0.1) is 0 Å². The van der Waals surface area contributed by atoms with Crippen LogP contribution in [-0.2, 0) is 6.54 Å². The molecule has 1 aromatic rings. The molecule has 0 saturated carbocycles. The van der Waals surface area contributed by atoms with Crippen molar-refractivity contribution in [3.05, 3.63) is 29.3 Å². The Hall–Kier alpha value is -1.06. The molecular formula is C17H30N2O. The summed E-state index contributed by atoms with van der Waals surface area (Å²) in [7, 11) is 1.71. The summed E-state index contributed by atoms with van der Waals surface area (Å²) in [4.78, 5) is 2.51. The first-order chi connectivity index (χ1) is 9.45. The summed E-state index contributed by atoms with van der Waals surface area (Å²) in [6.45, 7) is 14.1. The molecular weight excluding hydrogens is 248 g/mol. The number of benzene rings is 1. The van der Waals surface area contributed by atoms with Crippen LogP contribution >= 0.6 is 0 Å². The molecule has 20 heavy (non-hydrogen) atoms. The lowest BCUT2D eigenvalue weighted by atomic mass is 10.1. The highest BCUT2D eigenvalue weighted by Crippen LogP contribution is 2.18. The van der Waals surface area contributed by atoms with E-state index in [2.05, 4.69) is 57.0 Å². The van der Waals surface area contributed by atoms with Crippen molar-refractivity contribution in [3.8, 4) is 5.75 Å². The number of hydrogen-bond acceptors (Lipinski definition) is 3. The van der Waals surface area contributed by atoms with E-state index >= 15 is 0 Å². The fourth-order valence-electron chi connectivity index (χ4n) is 2.60. The van der Waals surface area contributed by atoms with Crippen LogP contribution in [0.1, 0.15) is 38.8 Å². The average Bonchev–Trinajstić information content (AvgIpc) is 2.37. The highest BCUT2D eigenvalue weighted by molar-refractivity contribution is 5.36. The quantitative estimate of drug-likeness (QED) is 0.739. The van der Waals surface area contributed by atoms with E-state index < -0.39 is 0 Å². The number of nitrogens with zero attached hydrogens (tertiary/aromatic N) is 1. The van der Waals surface area contributed by atoms with E-state index in [-0.39, 0.29) is 0 Å². The van der Waals surface area contributed by atoms with Gasteiger partial charge < -0.3 is 10.1 Å². The van der Waals surface area contributed by atoms with Crippen molar-refractivity contribution in [2.75, 3.05) is 20.2 Å². The molecule has 0 aromatic heterocycles. The summed E-state index contributed by atoms with van der Waals surface area (Å²) in [6.07, 6.45) is 0. The zero-order chi connectivity index (χ0) is 15.1. The highest BCUT2D eigenvalue weighted by atomic mass is 16.5. The Morgan fingerprint density at radius 3 is 2.30 bits per heavy atom. The maximum Gasteiger partial charge on any atom is 0.121 e. The Morgan fingerprint density at radius 2 is 1.80 bits per heavy atom. The fraction of sp³-hybridized carbons (Fsp3) is 0.647. The zero-order valence-corrected chi connectivity index (χ0v) is 13.9. The van der Waals surface area contributed by atoms with Gasteiger partial charge in [-0.1, -0.05) is 12.1 Å². The second-order valence-corrected chi connectivity index (χ2v) is 5.91. The van der Waals surface area contributed by atoms with Gasteiger partial charge in [0.15, 0.2) is 0 Å². The van der Waals surface area contributed by atoms with Crippen LogP contribution in [0.4, 0.5) is 0 Å². The van der Waals surface area contributed by atoms with Crippen LogP contribution in [0.25, 0.3) is 0 Å². The molecule has 3 nitrogen and oxygen atoms in total. The molecule has 1 rings (SSSR count). The summed E-state index contributed by atoms with van der Waals surface area (Å²) in [5.74, 6) is 0.958. The van der Waals surface area contributed by atoms with Crippen molar-refractivity contribution in [1.82, 2.24) is 10.2 Å². The predicted octanol–water partition coefficient (Wildman–Crippen LogP) is 3.21. The maximum atomic E-state index is 5.28. The predicted molar refractivity (Wildman–Crippen MR) is 86.4 cm³/mol. The van der Waals surface area contributed by atoms with E-state index in [1.807, 2.05) is 6.07 Å². The molecule has 0 saturated heterocycles. The Bertz CT molecular complexity index is 394. The van der Waals surface area contributed by atoms with Gasteiger partial charge in [0.2, 0.25) is 0 Å². The van der Waals surface area contributed by atoms with Gasteiger partial charge in [0.05, 0.1) is 7.11 Å². The van der Waals surface area contributed by atoms with Crippen LogP contribution in [0.2, 0.25) is 0 Å². The lowest BCUT2D eigenvalue weighted by Gasteiger charge is -2.30. The van der Waals surface area contributed by atoms with Crippen molar-refractivity contribution in [3.63, 3.8) is 0 Å². The first-order valence-electron chi connectivity index (χ1n) is 7.55. The number of methoxy groups -OCH3 is 1. The number of hydrogen-bond donors (Lipinski definition) is 1. The van der Waals surface area contributed by atoms with Gasteiger partial charge in [-0.05, 0) is 51.8 Å². The van der Waals surface area contributed by atoms with Crippen molar-refractivity contribution in [2.24, 2.45) is 0 Å². The molecule has 1 N–H and O–H groups in total. The first-order valence-corrected chi connectivity index (χ1v) is 7.55. The normalized spacial score (nSPS) is 11.7. The zero-order valence-electron chi connectivity index (χ0n) is 13.9. The second kappa shape index (κ2) is 8.28. The van der Waals surface area contributed by atoms with Crippen LogP contribution in [0.5, 0.6) is 5.75 Å². The molecule has 0 amide bonds. The molecule has 0 aliphatic rings. The van der Waals surface area contributed by atoms with E-state index in [4.69, 9.17) is 4.74 Å². The van der Waals surface area contributed by atoms with Gasteiger partial charge in [0.25, 0.3) is 0 Å². The van der Waals surface area contributed by atoms with Gasteiger partial charge in [-0.3, -0.25) is 4.90 Å². The Morgan fingerprint density at radius 1 is 1.15 bits per heavy atom. The van der Waals surface area contributed by atoms with Crippen molar-refractivity contribution >= 4 is 0 Å². The third kappa shape index (κ3) is 5.14. The molecule has 0 radical (unpaired) electrons. The van der Waals surface area contributed by atoms with E-state index in [1.54, 1.807) is 7.11 Å². The van der Waals surface area contributed by atoms with Gasteiger partial charge in [0, 0.05) is 31.7 Å². The third-order valence-electron chi connectivity index (χ3n) is 3.66. The summed E-state index contributed by atoms with van der Waals surface area (Å²) in [5, 5.41) is 3.52. The molecule has 1 aromatic carbocycles. The summed E-state index contributed by atoms with van der Waals surface area (Å²) < 4.78 is 5.28. The van der Waals surface area contributed by atoms with Crippen LogP contribution in [0.15, 0.2) is 18.2 Å². The topological polar surface area (TPSA) is 24.5 Å². The van der Waals surface area contributed by atoms with Gasteiger partial charge in [-0.25, -0.2) is 0 Å². The molecule has 0 aliphatic carbocycles. The van der Waals surface area contributed by atoms with E-state index in [0.29, 0.717) is 12.1 Å². The average molecular weight is 278 g/mol. The number of nitrogens with one attached hydrogen (secondary N) is 1. The van der Waals surface area contributed by atoms with Crippen LogP contribution < -0.4 is 10.1 Å². The molecule has 114 valence electrons. The highest BCUT2D eigenvalue weighted by Gasteiger charge is 2.12. The molecule has 3 heteroatoms. The largest absolute Gasteiger partial charge is 0.496 e. The lowest BCUT2D eigenvalue weighted by Crippen LogP contribution is -2.41. The Balaban J connectivity index is 2.39. The van der Waals surface area contributed by atoms with Gasteiger partial charge in [-0.2, -0.15) is 0 Å². The SMILES string of the molecule is COc1ccc(CNCCN(C(C)C)C(C)C)cc1C. The Kier molecular flexibility index (Phi) is 7.03. The standard InChI is InChI=1S/C17H30N2O/c1-13(2)19(14(3)4)10-9-18-12-16-7-8-17(20-6)15(5)11-16/h7-8,11,13-14,18H,9-10,12H2,1-6H3. The molecule has 0 fully saturated rings. The summed E-state index contributed by atoms with van der Waals surface area (Å²) >= 11 is 0. The third-order valence-corrected chi connectivity index (χ3v) is 3.66. The number of ether oxygens (including phenoxy) is 1. The van der Waals surface area contributed by atoms with E-state index in [1.165, 1.54) is 11.1 Å².